The lowest BCUT2D eigenvalue weighted by atomic mass is 10.1. The van der Waals surface area contributed by atoms with Crippen LogP contribution >= 0.6 is 0 Å². The van der Waals surface area contributed by atoms with Crippen LogP contribution in [0.15, 0.2) is 30.7 Å². The predicted octanol–water partition coefficient (Wildman–Crippen LogP) is 1.99. The first-order chi connectivity index (χ1) is 8.90. The largest absolute Gasteiger partial charge is 0.384 e. The Balaban J connectivity index is 1.86. The smallest absolute Gasteiger partial charge is 0.181 e. The average molecular weight is 237 g/mol. The van der Waals surface area contributed by atoms with E-state index in [1.165, 1.54) is 17.6 Å². The molecule has 0 saturated carbocycles. The van der Waals surface area contributed by atoms with E-state index in [2.05, 4.69) is 43.5 Å². The van der Waals surface area contributed by atoms with Crippen molar-refractivity contribution in [1.29, 1.82) is 0 Å². The van der Waals surface area contributed by atoms with E-state index in [4.69, 9.17) is 0 Å². The lowest BCUT2D eigenvalue weighted by Gasteiger charge is -2.01. The summed E-state index contributed by atoms with van der Waals surface area (Å²) in [7, 11) is 0. The minimum absolute atomic E-state index is 0.707. The number of anilines is 1. The zero-order chi connectivity index (χ0) is 11.9. The number of H-pyrrole nitrogens is 1. The predicted molar refractivity (Wildman–Crippen MR) is 69.3 cm³/mol. The lowest BCUT2D eigenvalue weighted by Crippen LogP contribution is -1.90. The quantitative estimate of drug-likeness (QED) is 0.679. The molecule has 0 atom stereocenters. The molecule has 3 aromatic rings. The van der Waals surface area contributed by atoms with E-state index in [9.17, 15) is 0 Å². The summed E-state index contributed by atoms with van der Waals surface area (Å²) in [5.41, 5.74) is 5.24. The zero-order valence-corrected chi connectivity index (χ0v) is 9.64. The van der Waals surface area contributed by atoms with Gasteiger partial charge in [0, 0.05) is 17.8 Å². The molecule has 0 aliphatic carbocycles. The van der Waals surface area contributed by atoms with Crippen molar-refractivity contribution in [3.63, 3.8) is 0 Å². The molecule has 0 fully saturated rings. The fourth-order valence-electron chi connectivity index (χ4n) is 2.35. The van der Waals surface area contributed by atoms with Gasteiger partial charge in [-0.1, -0.05) is 0 Å². The fourth-order valence-corrected chi connectivity index (χ4v) is 2.35. The molecule has 3 heterocycles. The summed E-state index contributed by atoms with van der Waals surface area (Å²) < 4.78 is 0. The molecular weight excluding hydrogens is 226 g/mol. The van der Waals surface area contributed by atoms with E-state index in [0.29, 0.717) is 5.65 Å². The normalized spacial score (nSPS) is 13.6. The maximum absolute atomic E-state index is 4.48. The molecule has 88 valence electrons. The molecule has 0 radical (unpaired) electrons. The summed E-state index contributed by atoms with van der Waals surface area (Å²) in [5.74, 6) is 0.847. The van der Waals surface area contributed by atoms with Crippen LogP contribution in [0.5, 0.6) is 0 Å². The van der Waals surface area contributed by atoms with Crippen LogP contribution in [0.2, 0.25) is 0 Å². The highest BCUT2D eigenvalue weighted by atomic mass is 15.0. The number of aromatic amines is 1. The van der Waals surface area contributed by atoms with Gasteiger partial charge in [-0.25, -0.2) is 15.0 Å². The maximum atomic E-state index is 4.48. The molecule has 2 N–H and O–H groups in total. The number of hydrogen-bond donors (Lipinski definition) is 2. The Morgan fingerprint density at radius 3 is 3.17 bits per heavy atom. The van der Waals surface area contributed by atoms with Crippen molar-refractivity contribution >= 4 is 16.9 Å². The minimum Gasteiger partial charge on any atom is -0.384 e. The third kappa shape index (κ3) is 1.37. The molecule has 1 aliphatic rings. The number of hydrogen-bond acceptors (Lipinski definition) is 4. The average Bonchev–Trinajstić information content (AvgIpc) is 3.04. The zero-order valence-electron chi connectivity index (χ0n) is 9.64. The molecule has 4 rings (SSSR count). The Morgan fingerprint density at radius 2 is 2.22 bits per heavy atom. The van der Waals surface area contributed by atoms with Crippen molar-refractivity contribution in [2.75, 3.05) is 11.9 Å². The molecule has 0 amide bonds. The molecule has 5 nitrogen and oxygen atoms in total. The third-order valence-electron chi connectivity index (χ3n) is 3.25. The van der Waals surface area contributed by atoms with Gasteiger partial charge in [-0.15, -0.1) is 0 Å². The Labute approximate surface area is 103 Å². The Kier molecular flexibility index (Phi) is 1.88. The van der Waals surface area contributed by atoms with Crippen LogP contribution in [-0.2, 0) is 6.42 Å². The van der Waals surface area contributed by atoms with Gasteiger partial charge in [0.25, 0.3) is 0 Å². The van der Waals surface area contributed by atoms with Crippen LogP contribution < -0.4 is 5.32 Å². The Bertz CT molecular complexity index is 698. The first-order valence-corrected chi connectivity index (χ1v) is 5.93. The number of benzene rings is 1. The monoisotopic (exact) mass is 237 g/mol. The van der Waals surface area contributed by atoms with Crippen molar-refractivity contribution in [3.8, 4) is 11.4 Å². The molecular formula is C13H11N5. The SMILES string of the molecule is c1ncc2[nH]c(-c3ccc4c(c3)CCN4)nc2n1. The topological polar surface area (TPSA) is 66.5 Å². The van der Waals surface area contributed by atoms with Gasteiger partial charge in [0.05, 0.1) is 6.20 Å². The summed E-state index contributed by atoms with van der Waals surface area (Å²) >= 11 is 0. The molecule has 18 heavy (non-hydrogen) atoms. The van der Waals surface area contributed by atoms with Crippen molar-refractivity contribution < 1.29 is 0 Å². The fraction of sp³-hybridized carbons (Fsp3) is 0.154. The van der Waals surface area contributed by atoms with Crippen molar-refractivity contribution in [2.45, 2.75) is 6.42 Å². The van der Waals surface area contributed by atoms with Crippen LogP contribution in [0, 0.1) is 0 Å². The van der Waals surface area contributed by atoms with Gasteiger partial charge >= 0.3 is 0 Å². The van der Waals surface area contributed by atoms with E-state index in [0.717, 1.165) is 29.9 Å². The Morgan fingerprint density at radius 1 is 1.22 bits per heavy atom. The van der Waals surface area contributed by atoms with Crippen LogP contribution in [0.1, 0.15) is 5.56 Å². The third-order valence-corrected chi connectivity index (χ3v) is 3.25. The number of nitrogens with zero attached hydrogens (tertiary/aromatic N) is 3. The van der Waals surface area contributed by atoms with Crippen LogP contribution in [0.3, 0.4) is 0 Å². The van der Waals surface area contributed by atoms with Gasteiger partial charge < -0.3 is 10.3 Å². The molecule has 1 aliphatic heterocycles. The van der Waals surface area contributed by atoms with Crippen molar-refractivity contribution in [1.82, 2.24) is 19.9 Å². The van der Waals surface area contributed by atoms with Gasteiger partial charge in [0.1, 0.15) is 17.7 Å². The van der Waals surface area contributed by atoms with E-state index in [1.54, 1.807) is 6.20 Å². The molecule has 1 aromatic carbocycles. The van der Waals surface area contributed by atoms with E-state index in [1.807, 2.05) is 0 Å². The van der Waals surface area contributed by atoms with E-state index >= 15 is 0 Å². The summed E-state index contributed by atoms with van der Waals surface area (Å²) in [6.45, 7) is 1.02. The molecule has 0 bridgehead atoms. The highest BCUT2D eigenvalue weighted by Crippen LogP contribution is 2.27. The first kappa shape index (κ1) is 9.58. The number of fused-ring (bicyclic) bond motifs is 2. The molecule has 0 unspecified atom stereocenters. The minimum atomic E-state index is 0.707. The van der Waals surface area contributed by atoms with Crippen LogP contribution in [0.25, 0.3) is 22.6 Å². The van der Waals surface area contributed by atoms with E-state index < -0.39 is 0 Å². The maximum Gasteiger partial charge on any atom is 0.181 e. The van der Waals surface area contributed by atoms with Gasteiger partial charge in [0.15, 0.2) is 5.65 Å². The van der Waals surface area contributed by atoms with Crippen LogP contribution in [-0.4, -0.2) is 26.5 Å². The standard InChI is InChI=1S/C13H11N5/c1-2-10-8(3-4-15-10)5-9(1)12-17-11-6-14-7-16-13(11)18-12/h1-2,5-7,15H,3-4H2,(H,14,16,17,18). The number of imidazole rings is 1. The van der Waals surface area contributed by atoms with Crippen LogP contribution in [0.4, 0.5) is 5.69 Å². The number of aromatic nitrogens is 4. The molecule has 5 heteroatoms. The summed E-state index contributed by atoms with van der Waals surface area (Å²) in [6.07, 6.45) is 4.33. The summed E-state index contributed by atoms with van der Waals surface area (Å²) in [5, 5.41) is 3.35. The highest BCUT2D eigenvalue weighted by molar-refractivity contribution is 5.76. The number of nitrogens with one attached hydrogen (secondary N) is 2. The van der Waals surface area contributed by atoms with Crippen molar-refractivity contribution in [2.24, 2.45) is 0 Å². The Hall–Kier alpha value is -2.43. The van der Waals surface area contributed by atoms with Gasteiger partial charge in [-0.2, -0.15) is 0 Å². The van der Waals surface area contributed by atoms with Gasteiger partial charge in [-0.3, -0.25) is 0 Å². The highest BCUT2D eigenvalue weighted by Gasteiger charge is 2.12. The molecule has 0 saturated heterocycles. The second kappa shape index (κ2) is 3.53. The second-order valence-electron chi connectivity index (χ2n) is 4.39. The number of rotatable bonds is 1. The second-order valence-corrected chi connectivity index (χ2v) is 4.39. The van der Waals surface area contributed by atoms with Gasteiger partial charge in [0.2, 0.25) is 0 Å². The summed E-state index contributed by atoms with van der Waals surface area (Å²) in [4.78, 5) is 15.8. The van der Waals surface area contributed by atoms with Gasteiger partial charge in [-0.05, 0) is 30.2 Å². The lowest BCUT2D eigenvalue weighted by molar-refractivity contribution is 1.11. The van der Waals surface area contributed by atoms with E-state index in [-0.39, 0.29) is 0 Å². The van der Waals surface area contributed by atoms with Crippen molar-refractivity contribution in [3.05, 3.63) is 36.3 Å². The first-order valence-electron chi connectivity index (χ1n) is 5.93. The summed E-state index contributed by atoms with van der Waals surface area (Å²) in [6, 6.07) is 6.36. The molecule has 0 spiro atoms. The molecule has 2 aromatic heterocycles.